The van der Waals surface area contributed by atoms with Crippen LogP contribution in [0.1, 0.15) is 0 Å². The Balaban J connectivity index is 1.67. The highest BCUT2D eigenvalue weighted by Gasteiger charge is 2.62. The van der Waals surface area contributed by atoms with E-state index in [9.17, 15) is 14.7 Å². The number of fused-ring (bicyclic) bond motifs is 1. The Morgan fingerprint density at radius 3 is 2.77 bits per heavy atom. The van der Waals surface area contributed by atoms with Gasteiger partial charge in [0.2, 0.25) is 11.9 Å². The van der Waals surface area contributed by atoms with E-state index in [4.69, 9.17) is 0 Å². The lowest BCUT2D eigenvalue weighted by molar-refractivity contribution is -0.149. The molecule has 0 radical (unpaired) electrons. The van der Waals surface area contributed by atoms with E-state index in [1.807, 2.05) is 30.3 Å². The van der Waals surface area contributed by atoms with Crippen molar-refractivity contribution in [2.24, 2.45) is 11.3 Å². The summed E-state index contributed by atoms with van der Waals surface area (Å²) in [6.45, 7) is 4.61. The minimum atomic E-state index is -1.16. The van der Waals surface area contributed by atoms with Gasteiger partial charge < -0.3 is 14.9 Å². The molecule has 134 valence electrons. The van der Waals surface area contributed by atoms with Crippen LogP contribution in [0.25, 0.3) is 5.69 Å². The van der Waals surface area contributed by atoms with Crippen LogP contribution in [0.4, 0.5) is 5.95 Å². The molecule has 2 atom stereocenters. The van der Waals surface area contributed by atoms with Crippen molar-refractivity contribution in [2.75, 3.05) is 31.1 Å². The number of amides is 1. The molecule has 4 rings (SSSR count). The summed E-state index contributed by atoms with van der Waals surface area (Å²) < 4.78 is 1.56. The van der Waals surface area contributed by atoms with Crippen LogP contribution in [-0.4, -0.2) is 68.3 Å². The highest BCUT2D eigenvalue weighted by atomic mass is 16.4. The van der Waals surface area contributed by atoms with E-state index in [1.165, 1.54) is 0 Å². The van der Waals surface area contributed by atoms with Crippen molar-refractivity contribution in [3.05, 3.63) is 43.0 Å². The van der Waals surface area contributed by atoms with Gasteiger partial charge in [-0.25, -0.2) is 0 Å². The van der Waals surface area contributed by atoms with Gasteiger partial charge in [-0.05, 0) is 22.6 Å². The van der Waals surface area contributed by atoms with Crippen LogP contribution in [0.15, 0.2) is 43.0 Å². The van der Waals surface area contributed by atoms with Gasteiger partial charge in [0.1, 0.15) is 5.41 Å². The van der Waals surface area contributed by atoms with Gasteiger partial charge in [-0.15, -0.1) is 6.58 Å². The number of aromatic nitrogens is 4. The summed E-state index contributed by atoms with van der Waals surface area (Å²) in [5.74, 6) is -1.31. The Labute approximate surface area is 149 Å². The van der Waals surface area contributed by atoms with E-state index >= 15 is 0 Å². The van der Waals surface area contributed by atoms with Gasteiger partial charge >= 0.3 is 5.97 Å². The topological polar surface area (TPSA) is 104 Å². The number of hydrogen-bond donors (Lipinski definition) is 1. The summed E-state index contributed by atoms with van der Waals surface area (Å²) in [6.07, 6.45) is 1.61. The van der Waals surface area contributed by atoms with Crippen LogP contribution in [0, 0.1) is 11.3 Å². The molecule has 2 saturated heterocycles. The Hall–Kier alpha value is -3.23. The fourth-order valence-electron chi connectivity index (χ4n) is 3.89. The van der Waals surface area contributed by atoms with Crippen molar-refractivity contribution >= 4 is 17.8 Å². The van der Waals surface area contributed by atoms with E-state index in [0.717, 1.165) is 5.69 Å². The van der Waals surface area contributed by atoms with Crippen molar-refractivity contribution in [2.45, 2.75) is 0 Å². The molecule has 0 aliphatic carbocycles. The highest BCUT2D eigenvalue weighted by molar-refractivity contribution is 5.93. The number of carbonyl (C=O) groups excluding carboxylic acids is 1. The molecule has 9 heteroatoms. The summed E-state index contributed by atoms with van der Waals surface area (Å²) in [6, 6.07) is 9.35. The molecule has 26 heavy (non-hydrogen) atoms. The van der Waals surface area contributed by atoms with Crippen LogP contribution < -0.4 is 4.90 Å². The lowest BCUT2D eigenvalue weighted by atomic mass is 9.81. The first-order valence-corrected chi connectivity index (χ1v) is 8.28. The molecule has 2 aliphatic rings. The van der Waals surface area contributed by atoms with E-state index in [1.54, 1.807) is 20.6 Å². The number of rotatable bonds is 5. The Bertz CT molecular complexity index is 866. The molecular formula is C17H18N6O3. The molecule has 1 aromatic carbocycles. The average molecular weight is 354 g/mol. The van der Waals surface area contributed by atoms with Crippen molar-refractivity contribution in [3.8, 4) is 5.69 Å². The van der Waals surface area contributed by atoms with Crippen LogP contribution in [0.2, 0.25) is 0 Å². The SMILES string of the molecule is C=CCN1C[C@@]2(C(=O)O)CN(c3nnnn3-c3ccccc3)C[C@H]2C1=O. The smallest absolute Gasteiger partial charge is 0.314 e. The highest BCUT2D eigenvalue weighted by Crippen LogP contribution is 2.44. The van der Waals surface area contributed by atoms with Crippen molar-refractivity contribution in [3.63, 3.8) is 0 Å². The zero-order valence-corrected chi connectivity index (χ0v) is 14.0. The first-order valence-electron chi connectivity index (χ1n) is 8.28. The van der Waals surface area contributed by atoms with Gasteiger partial charge in [0.15, 0.2) is 0 Å². The molecule has 2 fully saturated rings. The number of likely N-dealkylation sites (tertiary alicyclic amines) is 1. The molecule has 9 nitrogen and oxygen atoms in total. The van der Waals surface area contributed by atoms with Gasteiger partial charge in [-0.3, -0.25) is 9.59 Å². The molecule has 0 saturated carbocycles. The van der Waals surface area contributed by atoms with Gasteiger partial charge in [-0.1, -0.05) is 29.4 Å². The number of tetrazole rings is 1. The number of carbonyl (C=O) groups is 2. The Kier molecular flexibility index (Phi) is 3.71. The van der Waals surface area contributed by atoms with Crippen LogP contribution in [-0.2, 0) is 9.59 Å². The van der Waals surface area contributed by atoms with Gasteiger partial charge in [0.25, 0.3) is 0 Å². The van der Waals surface area contributed by atoms with E-state index < -0.39 is 17.3 Å². The molecular weight excluding hydrogens is 336 g/mol. The molecule has 1 aromatic heterocycles. The first-order chi connectivity index (χ1) is 12.6. The van der Waals surface area contributed by atoms with Crippen LogP contribution in [0.3, 0.4) is 0 Å². The lowest BCUT2D eigenvalue weighted by Gasteiger charge is -2.24. The minimum Gasteiger partial charge on any atom is -0.481 e. The summed E-state index contributed by atoms with van der Waals surface area (Å²) in [7, 11) is 0. The fraction of sp³-hybridized carbons (Fsp3) is 0.353. The summed E-state index contributed by atoms with van der Waals surface area (Å²) in [5.41, 5.74) is -0.387. The summed E-state index contributed by atoms with van der Waals surface area (Å²) in [4.78, 5) is 28.1. The Morgan fingerprint density at radius 1 is 1.35 bits per heavy atom. The largest absolute Gasteiger partial charge is 0.481 e. The van der Waals surface area contributed by atoms with Crippen molar-refractivity contribution < 1.29 is 14.7 Å². The number of aliphatic carboxylic acids is 1. The second-order valence-corrected chi connectivity index (χ2v) is 6.63. The molecule has 2 aromatic rings. The number of carboxylic acids is 1. The predicted molar refractivity (Wildman–Crippen MR) is 91.7 cm³/mol. The number of hydrogen-bond acceptors (Lipinski definition) is 6. The van der Waals surface area contributed by atoms with E-state index in [-0.39, 0.29) is 25.5 Å². The van der Waals surface area contributed by atoms with Gasteiger partial charge in [0.05, 0.1) is 11.6 Å². The quantitative estimate of drug-likeness (QED) is 0.765. The number of nitrogens with zero attached hydrogens (tertiary/aromatic N) is 6. The molecule has 0 spiro atoms. The number of anilines is 1. The maximum Gasteiger partial charge on any atom is 0.314 e. The number of para-hydroxylation sites is 1. The molecule has 2 aliphatic heterocycles. The normalized spacial score (nSPS) is 24.8. The maximum absolute atomic E-state index is 12.7. The molecule has 3 heterocycles. The molecule has 0 bridgehead atoms. The lowest BCUT2D eigenvalue weighted by Crippen LogP contribution is -2.41. The number of carboxylic acid groups (broad SMARTS) is 1. The minimum absolute atomic E-state index is 0.159. The fourth-order valence-corrected chi connectivity index (χ4v) is 3.89. The summed E-state index contributed by atoms with van der Waals surface area (Å²) in [5, 5.41) is 21.7. The zero-order valence-electron chi connectivity index (χ0n) is 14.0. The van der Waals surface area contributed by atoms with Crippen molar-refractivity contribution in [1.29, 1.82) is 0 Å². The standard InChI is InChI=1S/C17H18N6O3/c1-2-8-21-10-17(15(25)26)11-22(9-13(17)14(21)24)16-18-19-20-23(16)12-6-4-3-5-7-12/h2-7,13H,1,8-11H2,(H,25,26)/t13-,17+/m0/s1. The molecule has 0 unspecified atom stereocenters. The van der Waals surface area contributed by atoms with Crippen LogP contribution in [0.5, 0.6) is 0 Å². The first kappa shape index (κ1) is 16.2. The van der Waals surface area contributed by atoms with Gasteiger partial charge in [0, 0.05) is 26.2 Å². The Morgan fingerprint density at radius 2 is 2.12 bits per heavy atom. The summed E-state index contributed by atoms with van der Waals surface area (Å²) >= 11 is 0. The number of benzene rings is 1. The second-order valence-electron chi connectivity index (χ2n) is 6.63. The molecule has 1 N–H and O–H groups in total. The zero-order chi connectivity index (χ0) is 18.3. The molecule has 1 amide bonds. The van der Waals surface area contributed by atoms with Gasteiger partial charge in [-0.2, -0.15) is 4.68 Å². The third kappa shape index (κ3) is 2.27. The predicted octanol–water partition coefficient (Wildman–Crippen LogP) is 0.198. The van der Waals surface area contributed by atoms with E-state index in [0.29, 0.717) is 12.5 Å². The van der Waals surface area contributed by atoms with E-state index in [2.05, 4.69) is 22.1 Å². The second kappa shape index (κ2) is 5.94. The third-order valence-corrected chi connectivity index (χ3v) is 5.14. The third-order valence-electron chi connectivity index (χ3n) is 5.14. The maximum atomic E-state index is 12.7. The monoisotopic (exact) mass is 354 g/mol. The van der Waals surface area contributed by atoms with Crippen molar-refractivity contribution in [1.82, 2.24) is 25.1 Å². The van der Waals surface area contributed by atoms with Crippen LogP contribution >= 0.6 is 0 Å². The average Bonchev–Trinajstić information content (AvgIpc) is 3.31.